The van der Waals surface area contributed by atoms with Crippen LogP contribution in [0.25, 0.3) is 0 Å². The molecule has 0 saturated heterocycles. The van der Waals surface area contributed by atoms with Crippen LogP contribution in [0.15, 0.2) is 0 Å². The normalized spacial score (nSPS) is 12.5. The Kier molecular flexibility index (Phi) is 12.3. The van der Waals surface area contributed by atoms with Crippen molar-refractivity contribution in [3.8, 4) is 0 Å². The van der Waals surface area contributed by atoms with Crippen molar-refractivity contribution >= 4 is 10.4 Å². The van der Waals surface area contributed by atoms with E-state index in [4.69, 9.17) is 8.37 Å². The lowest BCUT2D eigenvalue weighted by atomic mass is 10.1. The van der Waals surface area contributed by atoms with Crippen molar-refractivity contribution in [3.63, 3.8) is 0 Å². The molecule has 0 rings (SSSR count). The Morgan fingerprint density at radius 3 is 1.38 bits per heavy atom. The number of rotatable bonds is 14. The van der Waals surface area contributed by atoms with E-state index in [0.29, 0.717) is 11.8 Å². The quantitative estimate of drug-likeness (QED) is 0.435. The van der Waals surface area contributed by atoms with Crippen molar-refractivity contribution in [1.82, 2.24) is 0 Å². The molecule has 0 aliphatic carbocycles. The van der Waals surface area contributed by atoms with E-state index in [9.17, 15) is 8.42 Å². The van der Waals surface area contributed by atoms with E-state index >= 15 is 0 Å². The second kappa shape index (κ2) is 12.4. The maximum absolute atomic E-state index is 11.5. The maximum Gasteiger partial charge on any atom is 0.399 e. The fourth-order valence-corrected chi connectivity index (χ4v) is 2.73. The highest BCUT2D eigenvalue weighted by molar-refractivity contribution is 7.81. The van der Waals surface area contributed by atoms with Gasteiger partial charge in [-0.25, -0.2) is 8.37 Å². The summed E-state index contributed by atoms with van der Waals surface area (Å²) in [4.78, 5) is 0. The van der Waals surface area contributed by atoms with Crippen LogP contribution in [0, 0.1) is 11.8 Å². The van der Waals surface area contributed by atoms with Gasteiger partial charge in [-0.2, -0.15) is 8.42 Å². The van der Waals surface area contributed by atoms with Gasteiger partial charge in [0, 0.05) is 0 Å². The molecule has 0 spiro atoms. The molecule has 0 aromatic carbocycles. The van der Waals surface area contributed by atoms with E-state index in [2.05, 4.69) is 27.7 Å². The molecule has 0 aliphatic rings. The van der Waals surface area contributed by atoms with Crippen molar-refractivity contribution in [2.24, 2.45) is 11.8 Å². The fourth-order valence-electron chi connectivity index (χ4n) is 2.02. The van der Waals surface area contributed by atoms with E-state index in [1.807, 2.05) is 0 Å². The van der Waals surface area contributed by atoms with Crippen molar-refractivity contribution in [3.05, 3.63) is 0 Å². The second-order valence-corrected chi connectivity index (χ2v) is 7.83. The molecule has 0 unspecified atom stereocenters. The zero-order valence-corrected chi connectivity index (χ0v) is 15.1. The summed E-state index contributed by atoms with van der Waals surface area (Å²) in [5.74, 6) is 1.40. The summed E-state index contributed by atoms with van der Waals surface area (Å²) in [6.45, 7) is 9.22. The molecule has 0 bridgehead atoms. The van der Waals surface area contributed by atoms with Crippen LogP contribution >= 0.6 is 0 Å². The van der Waals surface area contributed by atoms with E-state index in [0.717, 1.165) is 38.5 Å². The SMILES string of the molecule is CC(C)CCCCCOS(=O)(=O)OCCCCCC(C)C. The van der Waals surface area contributed by atoms with E-state index in [1.165, 1.54) is 12.8 Å². The Morgan fingerprint density at radius 1 is 0.667 bits per heavy atom. The van der Waals surface area contributed by atoms with Crippen LogP contribution in [0.2, 0.25) is 0 Å². The molecule has 0 heterocycles. The first-order valence-electron chi connectivity index (χ1n) is 8.37. The highest BCUT2D eigenvalue weighted by Crippen LogP contribution is 2.10. The molecular weight excluding hydrogens is 288 g/mol. The van der Waals surface area contributed by atoms with Crippen LogP contribution in [0.3, 0.4) is 0 Å². The Balaban J connectivity index is 3.48. The van der Waals surface area contributed by atoms with Crippen LogP contribution in [-0.4, -0.2) is 21.6 Å². The summed E-state index contributed by atoms with van der Waals surface area (Å²) >= 11 is 0. The zero-order valence-electron chi connectivity index (χ0n) is 14.3. The molecule has 0 aromatic rings. The van der Waals surface area contributed by atoms with Gasteiger partial charge < -0.3 is 0 Å². The summed E-state index contributed by atoms with van der Waals surface area (Å²) < 4.78 is 32.6. The maximum atomic E-state index is 11.5. The lowest BCUT2D eigenvalue weighted by Gasteiger charge is -2.07. The average molecular weight is 323 g/mol. The first kappa shape index (κ1) is 20.9. The van der Waals surface area contributed by atoms with Crippen LogP contribution < -0.4 is 0 Å². The number of unbranched alkanes of at least 4 members (excludes halogenated alkanes) is 4. The molecule has 0 saturated carbocycles. The molecule has 0 radical (unpaired) electrons. The Morgan fingerprint density at radius 2 is 1.05 bits per heavy atom. The van der Waals surface area contributed by atoms with Gasteiger partial charge in [0.15, 0.2) is 0 Å². The first-order valence-corrected chi connectivity index (χ1v) is 9.70. The predicted molar refractivity (Wildman–Crippen MR) is 87.4 cm³/mol. The molecule has 0 N–H and O–H groups in total. The zero-order chi connectivity index (χ0) is 16.1. The van der Waals surface area contributed by atoms with Gasteiger partial charge in [-0.15, -0.1) is 0 Å². The Bertz CT molecular complexity index is 297. The van der Waals surface area contributed by atoms with Gasteiger partial charge in [0.05, 0.1) is 13.2 Å². The summed E-state index contributed by atoms with van der Waals surface area (Å²) in [5, 5.41) is 0. The molecule has 4 nitrogen and oxygen atoms in total. The molecule has 0 aromatic heterocycles. The van der Waals surface area contributed by atoms with Crippen LogP contribution in [0.4, 0.5) is 0 Å². The van der Waals surface area contributed by atoms with E-state index < -0.39 is 10.4 Å². The number of hydrogen-bond donors (Lipinski definition) is 0. The lowest BCUT2D eigenvalue weighted by Crippen LogP contribution is -2.12. The van der Waals surface area contributed by atoms with Gasteiger partial charge in [-0.1, -0.05) is 66.2 Å². The van der Waals surface area contributed by atoms with E-state index in [1.54, 1.807) is 0 Å². The second-order valence-electron chi connectivity index (χ2n) is 6.54. The molecule has 0 aliphatic heterocycles. The highest BCUT2D eigenvalue weighted by atomic mass is 32.3. The van der Waals surface area contributed by atoms with Crippen molar-refractivity contribution in [2.75, 3.05) is 13.2 Å². The molecule has 0 fully saturated rings. The van der Waals surface area contributed by atoms with Crippen molar-refractivity contribution in [2.45, 2.75) is 79.1 Å². The average Bonchev–Trinajstić information content (AvgIpc) is 2.37. The minimum Gasteiger partial charge on any atom is -0.248 e. The van der Waals surface area contributed by atoms with Gasteiger partial charge >= 0.3 is 10.4 Å². The largest absolute Gasteiger partial charge is 0.399 e. The van der Waals surface area contributed by atoms with Gasteiger partial charge in [0.1, 0.15) is 0 Å². The third-order valence-electron chi connectivity index (χ3n) is 3.31. The Hall–Kier alpha value is -0.130. The highest BCUT2D eigenvalue weighted by Gasteiger charge is 2.11. The summed E-state index contributed by atoms with van der Waals surface area (Å²) in [5.41, 5.74) is 0. The smallest absolute Gasteiger partial charge is 0.248 e. The molecule has 0 amide bonds. The lowest BCUT2D eigenvalue weighted by molar-refractivity contribution is 0.207. The number of hydrogen-bond acceptors (Lipinski definition) is 4. The van der Waals surface area contributed by atoms with Crippen LogP contribution in [0.1, 0.15) is 79.1 Å². The minimum absolute atomic E-state index is 0.230. The van der Waals surface area contributed by atoms with Gasteiger partial charge in [-0.05, 0) is 24.7 Å². The molecule has 21 heavy (non-hydrogen) atoms. The molecule has 0 atom stereocenters. The molecule has 5 heteroatoms. The third kappa shape index (κ3) is 16.1. The molecular formula is C16H34O4S. The summed E-state index contributed by atoms with van der Waals surface area (Å²) in [6, 6.07) is 0. The predicted octanol–water partition coefficient (Wildman–Crippen LogP) is 4.70. The van der Waals surface area contributed by atoms with Gasteiger partial charge in [0.2, 0.25) is 0 Å². The van der Waals surface area contributed by atoms with Crippen molar-refractivity contribution in [1.29, 1.82) is 0 Å². The van der Waals surface area contributed by atoms with Crippen LogP contribution in [0.5, 0.6) is 0 Å². The third-order valence-corrected chi connectivity index (χ3v) is 4.22. The van der Waals surface area contributed by atoms with Gasteiger partial charge in [-0.3, -0.25) is 0 Å². The summed E-state index contributed by atoms with van der Waals surface area (Å²) in [7, 11) is -3.79. The summed E-state index contributed by atoms with van der Waals surface area (Å²) in [6.07, 6.45) is 8.15. The molecule has 128 valence electrons. The standard InChI is InChI=1S/C16H34O4S/c1-15(2)11-7-5-9-13-19-21(17,18)20-14-10-6-8-12-16(3)4/h15-16H,5-14H2,1-4H3. The van der Waals surface area contributed by atoms with Crippen molar-refractivity contribution < 1.29 is 16.8 Å². The van der Waals surface area contributed by atoms with Crippen LogP contribution in [-0.2, 0) is 18.8 Å². The van der Waals surface area contributed by atoms with E-state index in [-0.39, 0.29) is 13.2 Å². The monoisotopic (exact) mass is 322 g/mol. The minimum atomic E-state index is -3.79. The fraction of sp³-hybridized carbons (Fsp3) is 1.00. The van der Waals surface area contributed by atoms with Gasteiger partial charge in [0.25, 0.3) is 0 Å². The Labute approximate surface area is 131 Å². The first-order chi connectivity index (χ1) is 9.83. The topological polar surface area (TPSA) is 52.6 Å².